The van der Waals surface area contributed by atoms with Crippen molar-refractivity contribution in [1.82, 2.24) is 0 Å². The Kier molecular flexibility index (Phi) is 4.10. The normalized spacial score (nSPS) is 23.2. The van der Waals surface area contributed by atoms with E-state index in [0.717, 1.165) is 0 Å². The van der Waals surface area contributed by atoms with E-state index in [1.54, 1.807) is 6.08 Å². The van der Waals surface area contributed by atoms with Gasteiger partial charge in [0.2, 0.25) is 0 Å². The summed E-state index contributed by atoms with van der Waals surface area (Å²) in [5.74, 6) is -1.62. The third kappa shape index (κ3) is 2.42. The number of esters is 2. The van der Waals surface area contributed by atoms with Crippen molar-refractivity contribution in [3.63, 3.8) is 0 Å². The molecular formula is C11H14O5. The molecule has 1 aliphatic rings. The Bertz CT molecular complexity index is 331. The van der Waals surface area contributed by atoms with Crippen LogP contribution in [-0.2, 0) is 23.8 Å². The number of carbonyl (C=O) groups is 2. The quantitative estimate of drug-likeness (QED) is 0.529. The largest absolute Gasteiger partial charge is 0.470 e. The molecule has 0 N–H and O–H groups in total. The third-order valence-electron chi connectivity index (χ3n) is 2.43. The Hall–Kier alpha value is -1.78. The minimum absolute atomic E-state index is 0.318. The number of ether oxygens (including phenoxy) is 3. The van der Waals surface area contributed by atoms with Crippen LogP contribution in [0.15, 0.2) is 24.7 Å². The van der Waals surface area contributed by atoms with E-state index in [1.807, 2.05) is 0 Å². The molecule has 16 heavy (non-hydrogen) atoms. The lowest BCUT2D eigenvalue weighted by Crippen LogP contribution is -2.27. The van der Waals surface area contributed by atoms with Gasteiger partial charge in [-0.15, -0.1) is 0 Å². The van der Waals surface area contributed by atoms with Crippen LogP contribution in [0.4, 0.5) is 0 Å². The Morgan fingerprint density at radius 2 is 2.00 bits per heavy atom. The molecule has 0 unspecified atom stereocenters. The molecule has 5 heteroatoms. The van der Waals surface area contributed by atoms with Crippen LogP contribution in [0, 0.1) is 11.8 Å². The van der Waals surface area contributed by atoms with Gasteiger partial charge in [-0.2, -0.15) is 0 Å². The summed E-state index contributed by atoms with van der Waals surface area (Å²) in [6.45, 7) is 3.41. The van der Waals surface area contributed by atoms with Crippen molar-refractivity contribution < 1.29 is 23.8 Å². The Morgan fingerprint density at radius 3 is 2.50 bits per heavy atom. The van der Waals surface area contributed by atoms with Crippen molar-refractivity contribution >= 4 is 11.9 Å². The SMILES string of the molecule is C=COC1=C[C@@H](C(=O)OC)[C@H](C(=O)OC)C1. The molecule has 0 saturated heterocycles. The van der Waals surface area contributed by atoms with E-state index in [-0.39, 0.29) is 0 Å². The van der Waals surface area contributed by atoms with Crippen molar-refractivity contribution in [2.75, 3.05) is 14.2 Å². The highest BCUT2D eigenvalue weighted by Gasteiger charge is 2.40. The highest BCUT2D eigenvalue weighted by Crippen LogP contribution is 2.33. The van der Waals surface area contributed by atoms with Crippen LogP contribution >= 0.6 is 0 Å². The lowest BCUT2D eigenvalue weighted by atomic mass is 9.96. The summed E-state index contributed by atoms with van der Waals surface area (Å²) < 4.78 is 14.3. The molecule has 0 saturated carbocycles. The van der Waals surface area contributed by atoms with Gasteiger partial charge in [0.25, 0.3) is 0 Å². The molecule has 88 valence electrons. The summed E-state index contributed by atoms with van der Waals surface area (Å²) in [5, 5.41) is 0. The first-order chi connectivity index (χ1) is 7.63. The molecule has 0 spiro atoms. The predicted octanol–water partition coefficient (Wildman–Crippen LogP) is 1.01. The molecule has 0 aromatic carbocycles. The average Bonchev–Trinajstić information content (AvgIpc) is 2.71. The molecule has 0 aromatic rings. The van der Waals surface area contributed by atoms with Crippen molar-refractivity contribution in [2.45, 2.75) is 6.42 Å². The van der Waals surface area contributed by atoms with Gasteiger partial charge < -0.3 is 14.2 Å². The summed E-state index contributed by atoms with van der Waals surface area (Å²) in [6, 6.07) is 0. The van der Waals surface area contributed by atoms with E-state index in [9.17, 15) is 9.59 Å². The van der Waals surface area contributed by atoms with E-state index >= 15 is 0 Å². The number of methoxy groups -OCH3 is 2. The van der Waals surface area contributed by atoms with Gasteiger partial charge in [-0.1, -0.05) is 6.58 Å². The maximum absolute atomic E-state index is 11.4. The van der Waals surface area contributed by atoms with E-state index in [0.29, 0.717) is 12.2 Å². The molecule has 0 aliphatic heterocycles. The molecule has 0 aromatic heterocycles. The van der Waals surface area contributed by atoms with Crippen LogP contribution < -0.4 is 0 Å². The summed E-state index contributed by atoms with van der Waals surface area (Å²) >= 11 is 0. The van der Waals surface area contributed by atoms with Crippen LogP contribution in [0.5, 0.6) is 0 Å². The van der Waals surface area contributed by atoms with Gasteiger partial charge in [0.1, 0.15) is 5.76 Å². The Morgan fingerprint density at radius 1 is 1.38 bits per heavy atom. The zero-order valence-electron chi connectivity index (χ0n) is 9.26. The summed E-state index contributed by atoms with van der Waals surface area (Å²) in [4.78, 5) is 22.9. The van der Waals surface area contributed by atoms with E-state index in [1.165, 1.54) is 20.5 Å². The van der Waals surface area contributed by atoms with Gasteiger partial charge in [-0.25, -0.2) is 0 Å². The van der Waals surface area contributed by atoms with E-state index in [2.05, 4.69) is 16.1 Å². The van der Waals surface area contributed by atoms with Crippen LogP contribution in [0.3, 0.4) is 0 Å². The molecular weight excluding hydrogens is 212 g/mol. The standard InChI is InChI=1S/C11H14O5/c1-4-16-7-5-8(10(12)14-2)9(6-7)11(13)15-3/h4-5,8-9H,1,6H2,2-3H3/t8-,9-/m1/s1. The fourth-order valence-electron chi connectivity index (χ4n) is 1.67. The molecule has 0 fully saturated rings. The Labute approximate surface area is 93.7 Å². The topological polar surface area (TPSA) is 61.8 Å². The molecule has 1 rings (SSSR count). The van der Waals surface area contributed by atoms with Crippen molar-refractivity contribution in [3.05, 3.63) is 24.7 Å². The molecule has 0 radical (unpaired) electrons. The lowest BCUT2D eigenvalue weighted by molar-refractivity contribution is -0.154. The van der Waals surface area contributed by atoms with Crippen molar-refractivity contribution in [3.8, 4) is 0 Å². The zero-order chi connectivity index (χ0) is 12.1. The maximum Gasteiger partial charge on any atom is 0.313 e. The first-order valence-corrected chi connectivity index (χ1v) is 4.78. The third-order valence-corrected chi connectivity index (χ3v) is 2.43. The van der Waals surface area contributed by atoms with Gasteiger partial charge in [-0.05, 0) is 6.08 Å². The van der Waals surface area contributed by atoms with Gasteiger partial charge >= 0.3 is 11.9 Å². The molecule has 0 amide bonds. The number of allylic oxidation sites excluding steroid dienone is 1. The van der Waals surface area contributed by atoms with Crippen molar-refractivity contribution in [1.29, 1.82) is 0 Å². The van der Waals surface area contributed by atoms with E-state index in [4.69, 9.17) is 4.74 Å². The number of hydrogen-bond donors (Lipinski definition) is 0. The van der Waals surface area contributed by atoms with Crippen molar-refractivity contribution in [2.24, 2.45) is 11.8 Å². The van der Waals surface area contributed by atoms with Gasteiger partial charge in [0, 0.05) is 6.42 Å². The second-order valence-electron chi connectivity index (χ2n) is 3.30. The summed E-state index contributed by atoms with van der Waals surface area (Å²) in [5.41, 5.74) is 0. The Balaban J connectivity index is 2.83. The molecule has 1 aliphatic carbocycles. The van der Waals surface area contributed by atoms with Crippen LogP contribution in [0.2, 0.25) is 0 Å². The first kappa shape index (κ1) is 12.3. The van der Waals surface area contributed by atoms with Gasteiger partial charge in [0.05, 0.1) is 32.3 Å². The monoisotopic (exact) mass is 226 g/mol. The number of carbonyl (C=O) groups excluding carboxylic acids is 2. The average molecular weight is 226 g/mol. The highest BCUT2D eigenvalue weighted by atomic mass is 16.5. The first-order valence-electron chi connectivity index (χ1n) is 4.78. The zero-order valence-corrected chi connectivity index (χ0v) is 9.26. The molecule has 0 bridgehead atoms. The molecule has 0 heterocycles. The number of hydrogen-bond acceptors (Lipinski definition) is 5. The second-order valence-corrected chi connectivity index (χ2v) is 3.30. The van der Waals surface area contributed by atoms with Crippen LogP contribution in [0.25, 0.3) is 0 Å². The van der Waals surface area contributed by atoms with Gasteiger partial charge in [0.15, 0.2) is 0 Å². The maximum atomic E-state index is 11.4. The summed E-state index contributed by atoms with van der Waals surface area (Å²) in [6.07, 6.45) is 3.13. The minimum Gasteiger partial charge on any atom is -0.470 e. The fourth-order valence-corrected chi connectivity index (χ4v) is 1.67. The van der Waals surface area contributed by atoms with Crippen LogP contribution in [0.1, 0.15) is 6.42 Å². The summed E-state index contributed by atoms with van der Waals surface area (Å²) in [7, 11) is 2.56. The smallest absolute Gasteiger partial charge is 0.313 e. The van der Waals surface area contributed by atoms with Crippen LogP contribution in [-0.4, -0.2) is 26.2 Å². The minimum atomic E-state index is -0.646. The fraction of sp³-hybridized carbons (Fsp3) is 0.455. The molecule has 2 atom stereocenters. The molecule has 5 nitrogen and oxygen atoms in total. The van der Waals surface area contributed by atoms with Gasteiger partial charge in [-0.3, -0.25) is 9.59 Å². The van der Waals surface area contributed by atoms with E-state index < -0.39 is 23.8 Å². The highest BCUT2D eigenvalue weighted by molar-refractivity contribution is 5.84. The lowest BCUT2D eigenvalue weighted by Gasteiger charge is -2.13. The number of rotatable bonds is 4. The predicted molar refractivity (Wildman–Crippen MR) is 55.0 cm³/mol. The second kappa shape index (κ2) is 5.34.